The van der Waals surface area contributed by atoms with E-state index in [9.17, 15) is 9.59 Å². The van der Waals surface area contributed by atoms with Crippen LogP contribution in [-0.2, 0) is 9.59 Å². The standard InChI is InChI=1S/C21H23NO.C10H19NO.C7H9N.2C2H6/c1-4-5-8-19-16(2)7-6-9-20(19)17-10-12-18(13-11-17)21(22-3)14-15-23;1-4-5-6-7-9(2)11-10(3)8-12;1-6-3-4-8-7(2)5-6;2*1-2/h4-13,15,21-22H,1,14H2,2-3H3;8,10-11H,2,4-7H2,1,3H3;3-5H,1-2H3;2*1-2H3/b8-5-;;;;. The fourth-order valence-electron chi connectivity index (χ4n) is 4.43. The zero-order valence-electron chi connectivity index (χ0n) is 31.0. The number of nitrogens with zero attached hydrogens (tertiary/aromatic N) is 1. The summed E-state index contributed by atoms with van der Waals surface area (Å²) in [5.74, 6) is 0. The van der Waals surface area contributed by atoms with Gasteiger partial charge in [-0.05, 0) is 93.1 Å². The molecule has 2 unspecified atom stereocenters. The van der Waals surface area contributed by atoms with E-state index in [-0.39, 0.29) is 12.1 Å². The molecule has 2 atom stereocenters. The molecule has 3 aromatic rings. The summed E-state index contributed by atoms with van der Waals surface area (Å²) < 4.78 is 0. The third kappa shape index (κ3) is 19.9. The molecule has 0 aliphatic rings. The second-order valence-electron chi connectivity index (χ2n) is 10.6. The molecule has 2 aromatic carbocycles. The van der Waals surface area contributed by atoms with Crippen LogP contribution in [0.15, 0.2) is 91.8 Å². The van der Waals surface area contributed by atoms with Crippen LogP contribution in [0.3, 0.4) is 0 Å². The van der Waals surface area contributed by atoms with Gasteiger partial charge in [0.1, 0.15) is 12.6 Å². The van der Waals surface area contributed by atoms with Gasteiger partial charge in [0.2, 0.25) is 0 Å². The summed E-state index contributed by atoms with van der Waals surface area (Å²) >= 11 is 0. The number of carbonyl (C=O) groups is 2. The first-order valence-corrected chi connectivity index (χ1v) is 17.1. The molecule has 0 aliphatic heterocycles. The Hall–Kier alpha value is -4.09. The molecule has 0 spiro atoms. The molecule has 0 radical (unpaired) electrons. The Kier molecular flexibility index (Phi) is 28.1. The van der Waals surface area contributed by atoms with Gasteiger partial charge in [-0.2, -0.15) is 0 Å². The van der Waals surface area contributed by atoms with Crippen LogP contribution < -0.4 is 10.6 Å². The normalized spacial score (nSPS) is 10.9. The maximum Gasteiger partial charge on any atom is 0.141 e. The van der Waals surface area contributed by atoms with Crippen LogP contribution in [0.1, 0.15) is 108 Å². The van der Waals surface area contributed by atoms with Crippen LogP contribution in [0, 0.1) is 20.8 Å². The number of rotatable bonds is 14. The van der Waals surface area contributed by atoms with Crippen LogP contribution in [0.25, 0.3) is 17.2 Å². The van der Waals surface area contributed by atoms with Crippen molar-refractivity contribution in [1.82, 2.24) is 15.6 Å². The van der Waals surface area contributed by atoms with Crippen molar-refractivity contribution in [2.45, 2.75) is 107 Å². The Balaban J connectivity index is 0. The van der Waals surface area contributed by atoms with E-state index in [1.807, 2.05) is 66.9 Å². The number of aromatic nitrogens is 1. The molecular weight excluding hydrogens is 578 g/mol. The minimum Gasteiger partial charge on any atom is -0.380 e. The monoisotopic (exact) mass is 641 g/mol. The van der Waals surface area contributed by atoms with Crippen LogP contribution in [0.2, 0.25) is 0 Å². The van der Waals surface area contributed by atoms with Crippen LogP contribution in [-0.4, -0.2) is 30.6 Å². The topological polar surface area (TPSA) is 71.1 Å². The zero-order valence-corrected chi connectivity index (χ0v) is 31.0. The van der Waals surface area contributed by atoms with Crippen molar-refractivity contribution >= 4 is 18.6 Å². The van der Waals surface area contributed by atoms with Gasteiger partial charge in [0.15, 0.2) is 0 Å². The van der Waals surface area contributed by atoms with Gasteiger partial charge in [-0.25, -0.2) is 0 Å². The summed E-state index contributed by atoms with van der Waals surface area (Å²) in [7, 11) is 1.88. The quantitative estimate of drug-likeness (QED) is 0.104. The van der Waals surface area contributed by atoms with Crippen LogP contribution >= 0.6 is 0 Å². The minimum absolute atomic E-state index is 0.0687. The highest BCUT2D eigenvalue weighted by Gasteiger charge is 2.10. The Morgan fingerprint density at radius 2 is 1.62 bits per heavy atom. The lowest BCUT2D eigenvalue weighted by molar-refractivity contribution is -0.109. The average Bonchev–Trinajstić information content (AvgIpc) is 3.09. The largest absolute Gasteiger partial charge is 0.380 e. The Morgan fingerprint density at radius 3 is 2.11 bits per heavy atom. The highest BCUT2D eigenvalue weighted by molar-refractivity contribution is 5.77. The van der Waals surface area contributed by atoms with Gasteiger partial charge in [0.25, 0.3) is 0 Å². The molecule has 1 aromatic heterocycles. The van der Waals surface area contributed by atoms with Crippen molar-refractivity contribution in [1.29, 1.82) is 0 Å². The Morgan fingerprint density at radius 1 is 0.957 bits per heavy atom. The first-order valence-electron chi connectivity index (χ1n) is 17.1. The van der Waals surface area contributed by atoms with E-state index in [2.05, 4.69) is 104 Å². The summed E-state index contributed by atoms with van der Waals surface area (Å²) in [5.41, 5.74) is 9.27. The number of carbonyl (C=O) groups excluding carboxylic acids is 2. The molecule has 3 rings (SSSR count). The number of pyridine rings is 1. The van der Waals surface area contributed by atoms with Crippen molar-refractivity contribution in [3.63, 3.8) is 0 Å². The van der Waals surface area contributed by atoms with E-state index in [0.717, 1.165) is 42.4 Å². The van der Waals surface area contributed by atoms with Gasteiger partial charge < -0.3 is 20.2 Å². The van der Waals surface area contributed by atoms with Crippen LogP contribution in [0.5, 0.6) is 0 Å². The number of aldehydes is 2. The van der Waals surface area contributed by atoms with Crippen molar-refractivity contribution in [2.75, 3.05) is 7.05 Å². The van der Waals surface area contributed by atoms with Crippen molar-refractivity contribution in [2.24, 2.45) is 0 Å². The van der Waals surface area contributed by atoms with Gasteiger partial charge in [-0.15, -0.1) is 0 Å². The smallest absolute Gasteiger partial charge is 0.141 e. The maximum absolute atomic E-state index is 10.8. The van der Waals surface area contributed by atoms with Gasteiger partial charge in [0, 0.05) is 30.1 Å². The molecule has 2 N–H and O–H groups in total. The Bertz CT molecular complexity index is 1280. The molecule has 0 fully saturated rings. The molecule has 0 bridgehead atoms. The summed E-state index contributed by atoms with van der Waals surface area (Å²) in [6, 6.07) is 18.7. The van der Waals surface area contributed by atoms with Gasteiger partial charge >= 0.3 is 0 Å². The maximum atomic E-state index is 10.8. The molecule has 47 heavy (non-hydrogen) atoms. The fourth-order valence-corrected chi connectivity index (χ4v) is 4.43. The lowest BCUT2D eigenvalue weighted by atomic mass is 9.94. The highest BCUT2D eigenvalue weighted by atomic mass is 16.1. The summed E-state index contributed by atoms with van der Waals surface area (Å²) in [6.07, 6.45) is 14.6. The zero-order chi connectivity index (χ0) is 36.0. The lowest BCUT2D eigenvalue weighted by Gasteiger charge is -2.15. The van der Waals surface area contributed by atoms with E-state index in [4.69, 9.17) is 0 Å². The molecular formula is C42H63N3O2. The van der Waals surface area contributed by atoms with Gasteiger partial charge in [0.05, 0.1) is 6.04 Å². The third-order valence-corrected chi connectivity index (χ3v) is 6.80. The summed E-state index contributed by atoms with van der Waals surface area (Å²) in [4.78, 5) is 25.1. The van der Waals surface area contributed by atoms with Crippen molar-refractivity contribution < 1.29 is 9.59 Å². The average molecular weight is 642 g/mol. The molecule has 1 heterocycles. The second-order valence-corrected chi connectivity index (χ2v) is 10.6. The van der Waals surface area contributed by atoms with E-state index in [1.54, 1.807) is 6.08 Å². The first kappa shape index (κ1) is 45.0. The van der Waals surface area contributed by atoms with E-state index < -0.39 is 0 Å². The molecule has 0 aliphatic carbocycles. The minimum atomic E-state index is -0.0980. The fraction of sp³-hybridized carbons (Fsp3) is 0.405. The number of hydrogen-bond donors (Lipinski definition) is 2. The van der Waals surface area contributed by atoms with Gasteiger partial charge in [-0.1, -0.05) is 121 Å². The predicted molar refractivity (Wildman–Crippen MR) is 207 cm³/mol. The van der Waals surface area contributed by atoms with Crippen molar-refractivity contribution in [3.05, 3.63) is 120 Å². The Labute approximate surface area is 287 Å². The van der Waals surface area contributed by atoms with E-state index >= 15 is 0 Å². The SMILES string of the molecule is C=C(CCCCC)NC(C)C=O.C=C/C=C\c1c(C)cccc1-c1ccc(C(CC=O)NC)cc1.CC.CC.Cc1ccnc(C)c1. The third-order valence-electron chi connectivity index (χ3n) is 6.80. The van der Waals surface area contributed by atoms with Crippen LogP contribution in [0.4, 0.5) is 0 Å². The predicted octanol–water partition coefficient (Wildman–Crippen LogP) is 10.7. The summed E-state index contributed by atoms with van der Waals surface area (Å²) in [5, 5.41) is 6.20. The molecule has 0 amide bonds. The molecule has 5 heteroatoms. The number of aryl methyl sites for hydroxylation is 3. The van der Waals surface area contributed by atoms with Gasteiger partial charge in [-0.3, -0.25) is 4.98 Å². The number of unbranched alkanes of at least 4 members (excludes halogenated alkanes) is 2. The molecule has 258 valence electrons. The highest BCUT2D eigenvalue weighted by Crippen LogP contribution is 2.29. The van der Waals surface area contributed by atoms with Crippen molar-refractivity contribution in [3.8, 4) is 11.1 Å². The molecule has 0 saturated carbocycles. The van der Waals surface area contributed by atoms with E-state index in [1.165, 1.54) is 40.7 Å². The van der Waals surface area contributed by atoms with E-state index in [0.29, 0.717) is 6.42 Å². The number of nitrogens with one attached hydrogen (secondary N) is 2. The second kappa shape index (κ2) is 29.3. The lowest BCUT2D eigenvalue weighted by Crippen LogP contribution is -2.25. The summed E-state index contributed by atoms with van der Waals surface area (Å²) in [6.45, 7) is 25.8. The molecule has 0 saturated heterocycles. The molecule has 5 nitrogen and oxygen atoms in total. The number of allylic oxidation sites excluding steroid dienone is 3. The number of hydrogen-bond acceptors (Lipinski definition) is 5. The first-order chi connectivity index (χ1) is 22.7. The number of benzene rings is 2.